The summed E-state index contributed by atoms with van der Waals surface area (Å²) in [5.41, 5.74) is 4.68. The number of aryl methyl sites for hydroxylation is 1. The number of aromatic nitrogens is 4. The minimum Gasteiger partial charge on any atom is -0.396 e. The van der Waals surface area contributed by atoms with E-state index in [1.807, 2.05) is 0 Å². The molecule has 0 radical (unpaired) electrons. The van der Waals surface area contributed by atoms with E-state index in [0.717, 1.165) is 63.0 Å². The number of piperidine rings is 1. The second-order valence-corrected chi connectivity index (χ2v) is 9.06. The molecule has 2 aromatic rings. The van der Waals surface area contributed by atoms with E-state index in [0.29, 0.717) is 18.4 Å². The lowest BCUT2D eigenvalue weighted by atomic mass is 9.83. The van der Waals surface area contributed by atoms with Crippen LogP contribution in [0.2, 0.25) is 0 Å². The molecule has 0 amide bonds. The predicted molar refractivity (Wildman–Crippen MR) is 112 cm³/mol. The van der Waals surface area contributed by atoms with Crippen molar-refractivity contribution in [3.63, 3.8) is 0 Å². The maximum absolute atomic E-state index is 9.47. The van der Waals surface area contributed by atoms with Crippen molar-refractivity contribution in [1.82, 2.24) is 24.6 Å². The molecule has 5 rings (SSSR count). The van der Waals surface area contributed by atoms with Crippen molar-refractivity contribution in [1.29, 1.82) is 0 Å². The quantitative estimate of drug-likeness (QED) is 0.837. The third-order valence-corrected chi connectivity index (χ3v) is 6.76. The second kappa shape index (κ2) is 8.03. The number of rotatable bonds is 5. The van der Waals surface area contributed by atoms with E-state index in [2.05, 4.69) is 33.5 Å². The molecule has 7 heteroatoms. The van der Waals surface area contributed by atoms with Gasteiger partial charge in [-0.05, 0) is 57.2 Å². The fourth-order valence-electron chi connectivity index (χ4n) is 4.88. The molecule has 1 saturated carbocycles. The molecule has 1 saturated heterocycles. The van der Waals surface area contributed by atoms with Crippen molar-refractivity contribution in [2.24, 2.45) is 5.92 Å². The van der Waals surface area contributed by atoms with Gasteiger partial charge in [0.15, 0.2) is 0 Å². The molecule has 29 heavy (non-hydrogen) atoms. The number of anilines is 1. The van der Waals surface area contributed by atoms with Gasteiger partial charge < -0.3 is 10.0 Å². The Kier molecular flexibility index (Phi) is 5.26. The van der Waals surface area contributed by atoms with Gasteiger partial charge in [0.2, 0.25) is 5.95 Å². The lowest BCUT2D eigenvalue weighted by Crippen LogP contribution is -2.36. The van der Waals surface area contributed by atoms with Gasteiger partial charge in [-0.2, -0.15) is 5.10 Å². The van der Waals surface area contributed by atoms with E-state index < -0.39 is 0 Å². The average Bonchev–Trinajstić information content (AvgIpc) is 3.07. The molecule has 7 nitrogen and oxygen atoms in total. The smallest absolute Gasteiger partial charge is 0.226 e. The third-order valence-electron chi connectivity index (χ3n) is 6.76. The van der Waals surface area contributed by atoms with E-state index in [1.165, 1.54) is 37.1 Å². The van der Waals surface area contributed by atoms with Crippen LogP contribution < -0.4 is 4.90 Å². The maximum Gasteiger partial charge on any atom is 0.226 e. The van der Waals surface area contributed by atoms with Crippen LogP contribution in [-0.4, -0.2) is 56.0 Å². The third kappa shape index (κ3) is 4.03. The van der Waals surface area contributed by atoms with Gasteiger partial charge in [0.25, 0.3) is 0 Å². The number of aliphatic hydroxyl groups excluding tert-OH is 1. The minimum absolute atomic E-state index is 0.296. The molecular formula is C22H32N6O. The first-order valence-corrected chi connectivity index (χ1v) is 11.2. The van der Waals surface area contributed by atoms with Crippen LogP contribution in [0.1, 0.15) is 60.8 Å². The molecule has 2 fully saturated rings. The SMILES string of the molecule is Cc1cc(C2CCC2)nc(N2CCn3nc(CN4CCC[C@@H](CO)C4)cc3C2)n1. The Morgan fingerprint density at radius 1 is 1.07 bits per heavy atom. The van der Waals surface area contributed by atoms with Crippen LogP contribution in [0, 0.1) is 12.8 Å². The highest BCUT2D eigenvalue weighted by molar-refractivity contribution is 5.36. The highest BCUT2D eigenvalue weighted by atomic mass is 16.3. The highest BCUT2D eigenvalue weighted by Gasteiger charge is 2.26. The van der Waals surface area contributed by atoms with E-state index in [9.17, 15) is 5.11 Å². The van der Waals surface area contributed by atoms with Gasteiger partial charge in [0.05, 0.1) is 24.5 Å². The normalized spacial score (nSPS) is 23.1. The summed E-state index contributed by atoms with van der Waals surface area (Å²) in [6.07, 6.45) is 6.16. The first-order chi connectivity index (χ1) is 14.2. The summed E-state index contributed by atoms with van der Waals surface area (Å²) in [5.74, 6) is 1.92. The van der Waals surface area contributed by atoms with Crippen molar-refractivity contribution < 1.29 is 5.11 Å². The van der Waals surface area contributed by atoms with Crippen molar-refractivity contribution in [3.8, 4) is 0 Å². The summed E-state index contributed by atoms with van der Waals surface area (Å²) < 4.78 is 2.15. The largest absolute Gasteiger partial charge is 0.396 e. The zero-order chi connectivity index (χ0) is 19.8. The molecule has 3 aliphatic rings. The summed E-state index contributed by atoms with van der Waals surface area (Å²) in [6.45, 7) is 7.94. The monoisotopic (exact) mass is 396 g/mol. The molecule has 0 aromatic carbocycles. The van der Waals surface area contributed by atoms with E-state index in [1.54, 1.807) is 0 Å². The first kappa shape index (κ1) is 19.0. The molecule has 4 heterocycles. The first-order valence-electron chi connectivity index (χ1n) is 11.2. The van der Waals surface area contributed by atoms with Gasteiger partial charge in [-0.3, -0.25) is 9.58 Å². The Morgan fingerprint density at radius 2 is 1.97 bits per heavy atom. The van der Waals surface area contributed by atoms with E-state index >= 15 is 0 Å². The number of aliphatic hydroxyl groups is 1. The number of likely N-dealkylation sites (tertiary alicyclic amines) is 1. The molecule has 1 atom stereocenters. The second-order valence-electron chi connectivity index (χ2n) is 9.06. The van der Waals surface area contributed by atoms with Crippen LogP contribution in [0.25, 0.3) is 0 Å². The lowest BCUT2D eigenvalue weighted by molar-refractivity contribution is 0.115. The Morgan fingerprint density at radius 3 is 2.76 bits per heavy atom. The molecule has 2 aliphatic heterocycles. The summed E-state index contributed by atoms with van der Waals surface area (Å²) >= 11 is 0. The van der Waals surface area contributed by atoms with Crippen molar-refractivity contribution in [3.05, 3.63) is 34.9 Å². The fourth-order valence-corrected chi connectivity index (χ4v) is 4.88. The Hall–Kier alpha value is -1.99. The van der Waals surface area contributed by atoms with Gasteiger partial charge in [0, 0.05) is 43.5 Å². The van der Waals surface area contributed by atoms with E-state index in [4.69, 9.17) is 15.1 Å². The molecule has 1 aliphatic carbocycles. The van der Waals surface area contributed by atoms with Gasteiger partial charge >= 0.3 is 0 Å². The number of fused-ring (bicyclic) bond motifs is 1. The molecule has 1 N–H and O–H groups in total. The maximum atomic E-state index is 9.47. The zero-order valence-corrected chi connectivity index (χ0v) is 17.4. The molecule has 0 bridgehead atoms. The summed E-state index contributed by atoms with van der Waals surface area (Å²) in [7, 11) is 0. The molecule has 2 aromatic heterocycles. The van der Waals surface area contributed by atoms with E-state index in [-0.39, 0.29) is 0 Å². The van der Waals surface area contributed by atoms with Crippen LogP contribution in [-0.2, 0) is 19.6 Å². The van der Waals surface area contributed by atoms with Crippen LogP contribution in [0.4, 0.5) is 5.95 Å². The molecule has 0 unspecified atom stereocenters. The standard InChI is InChI=1S/C22H32N6O/c1-16-10-21(18-5-2-6-18)24-22(23-16)27-8-9-28-20(14-27)11-19(25-28)13-26-7-3-4-17(12-26)15-29/h10-11,17-18,29H,2-9,12-15H2,1H3/t17-/m1/s1. The van der Waals surface area contributed by atoms with Crippen molar-refractivity contribution in [2.75, 3.05) is 31.1 Å². The number of nitrogens with zero attached hydrogens (tertiary/aromatic N) is 6. The van der Waals surface area contributed by atoms with Crippen molar-refractivity contribution >= 4 is 5.95 Å². The predicted octanol–water partition coefficient (Wildman–Crippen LogP) is 2.47. The minimum atomic E-state index is 0.296. The average molecular weight is 397 g/mol. The summed E-state index contributed by atoms with van der Waals surface area (Å²) in [4.78, 5) is 14.4. The van der Waals surface area contributed by atoms with Crippen LogP contribution in [0.3, 0.4) is 0 Å². The summed E-state index contributed by atoms with van der Waals surface area (Å²) in [6, 6.07) is 4.41. The van der Waals surface area contributed by atoms with Gasteiger partial charge in [0.1, 0.15) is 0 Å². The Bertz CT molecular complexity index is 861. The molecular weight excluding hydrogens is 364 g/mol. The van der Waals surface area contributed by atoms with Gasteiger partial charge in [-0.15, -0.1) is 0 Å². The Labute approximate surface area is 172 Å². The molecule has 0 spiro atoms. The van der Waals surface area contributed by atoms with Crippen LogP contribution in [0.15, 0.2) is 12.1 Å². The lowest BCUT2D eigenvalue weighted by Gasteiger charge is -2.31. The fraction of sp³-hybridized carbons (Fsp3) is 0.682. The van der Waals surface area contributed by atoms with Gasteiger partial charge in [-0.25, -0.2) is 9.97 Å². The van der Waals surface area contributed by atoms with Gasteiger partial charge in [-0.1, -0.05) is 6.42 Å². The van der Waals surface area contributed by atoms with Crippen LogP contribution in [0.5, 0.6) is 0 Å². The number of hydrogen-bond donors (Lipinski definition) is 1. The zero-order valence-electron chi connectivity index (χ0n) is 17.4. The van der Waals surface area contributed by atoms with Crippen molar-refractivity contribution in [2.45, 2.75) is 64.6 Å². The number of hydrogen-bond acceptors (Lipinski definition) is 6. The van der Waals surface area contributed by atoms with Crippen LogP contribution >= 0.6 is 0 Å². The summed E-state index contributed by atoms with van der Waals surface area (Å²) in [5, 5.41) is 14.3. The Balaban J connectivity index is 1.28. The molecule has 156 valence electrons. The topological polar surface area (TPSA) is 70.3 Å². The highest BCUT2D eigenvalue weighted by Crippen LogP contribution is 2.36.